The summed E-state index contributed by atoms with van der Waals surface area (Å²) in [5.74, 6) is -0.479. The Balaban J connectivity index is 1.36. The lowest BCUT2D eigenvalue weighted by Crippen LogP contribution is -2.45. The molecule has 0 radical (unpaired) electrons. The Bertz CT molecular complexity index is 1690. The third-order valence-corrected chi connectivity index (χ3v) is 10.9. The van der Waals surface area contributed by atoms with Crippen molar-refractivity contribution in [1.29, 1.82) is 0 Å². The monoisotopic (exact) mass is 690 g/mol. The van der Waals surface area contributed by atoms with Gasteiger partial charge in [-0.25, -0.2) is 27.8 Å². The number of carbonyl (C=O) groups is 1. The number of primary amides is 1. The quantitative estimate of drug-likeness (QED) is 0.171. The smallest absolute Gasteiger partial charge is 0.243 e. The van der Waals surface area contributed by atoms with E-state index in [4.69, 9.17) is 39.7 Å². The highest BCUT2D eigenvalue weighted by atomic mass is 35.5. The Morgan fingerprint density at radius 3 is 2.41 bits per heavy atom. The van der Waals surface area contributed by atoms with Crippen LogP contribution in [0.1, 0.15) is 49.8 Å². The maximum absolute atomic E-state index is 13.7. The summed E-state index contributed by atoms with van der Waals surface area (Å²) in [7, 11) is -3.66. The first-order chi connectivity index (χ1) is 21.9. The molecule has 2 aromatic carbocycles. The van der Waals surface area contributed by atoms with Gasteiger partial charge in [-0.05, 0) is 82.1 Å². The highest BCUT2D eigenvalue weighted by Crippen LogP contribution is 2.34. The minimum absolute atomic E-state index is 0.0382. The summed E-state index contributed by atoms with van der Waals surface area (Å²) in [6.45, 7) is 2.61. The minimum atomic E-state index is -3.66. The second kappa shape index (κ2) is 14.5. The molecule has 1 atom stereocenters. The minimum Gasteiger partial charge on any atom is -0.369 e. The lowest BCUT2D eigenvalue weighted by molar-refractivity contribution is -0.122. The van der Waals surface area contributed by atoms with Gasteiger partial charge in [-0.2, -0.15) is 4.31 Å². The van der Waals surface area contributed by atoms with E-state index in [1.54, 1.807) is 30.5 Å². The van der Waals surface area contributed by atoms with Gasteiger partial charge >= 0.3 is 0 Å². The van der Waals surface area contributed by atoms with Crippen LogP contribution in [0, 0.1) is 24.6 Å². The molecule has 0 bridgehead atoms. The van der Waals surface area contributed by atoms with E-state index in [1.807, 2.05) is 6.92 Å². The van der Waals surface area contributed by atoms with Crippen molar-refractivity contribution >= 4 is 62.4 Å². The number of nitrogens with zero attached hydrogens (tertiary/aromatic N) is 4. The van der Waals surface area contributed by atoms with Crippen molar-refractivity contribution in [1.82, 2.24) is 14.3 Å². The van der Waals surface area contributed by atoms with Gasteiger partial charge in [-0.1, -0.05) is 40.9 Å². The number of piperidine rings is 1. The van der Waals surface area contributed by atoms with Crippen LogP contribution in [0.25, 0.3) is 0 Å². The van der Waals surface area contributed by atoms with Gasteiger partial charge in [0, 0.05) is 25.0 Å². The molecule has 1 saturated heterocycles. The van der Waals surface area contributed by atoms with E-state index in [0.717, 1.165) is 37.0 Å². The molecule has 1 aliphatic heterocycles. The Labute approximate surface area is 278 Å². The van der Waals surface area contributed by atoms with Crippen molar-refractivity contribution in [3.63, 3.8) is 0 Å². The number of nitrogens with one attached hydrogen (secondary N) is 2. The van der Waals surface area contributed by atoms with Gasteiger partial charge in [0.2, 0.25) is 21.9 Å². The van der Waals surface area contributed by atoms with Gasteiger partial charge < -0.3 is 22.1 Å². The maximum Gasteiger partial charge on any atom is 0.243 e. The Kier molecular flexibility index (Phi) is 10.7. The molecule has 3 aromatic rings. The summed E-state index contributed by atoms with van der Waals surface area (Å²) >= 11 is 12.3. The topological polar surface area (TPSA) is 169 Å². The first kappa shape index (κ1) is 33.8. The fraction of sp³-hybridized carbons (Fsp3) is 0.419. The average molecular weight is 692 g/mol. The predicted molar refractivity (Wildman–Crippen MR) is 178 cm³/mol. The number of halogens is 3. The molecule has 0 spiro atoms. The molecule has 2 fully saturated rings. The van der Waals surface area contributed by atoms with E-state index in [-0.39, 0.29) is 56.9 Å². The number of guanidine groups is 1. The zero-order valence-corrected chi connectivity index (χ0v) is 27.7. The number of hydrogen-bond acceptors (Lipinski definition) is 7. The normalized spacial score (nSPS) is 21.1. The number of sulfonamides is 1. The molecule has 1 aliphatic carbocycles. The van der Waals surface area contributed by atoms with Crippen LogP contribution in [0.3, 0.4) is 0 Å². The van der Waals surface area contributed by atoms with Crippen molar-refractivity contribution in [2.75, 3.05) is 23.7 Å². The number of rotatable bonds is 9. The molecule has 15 heteroatoms. The number of aryl methyl sites for hydroxylation is 1. The summed E-state index contributed by atoms with van der Waals surface area (Å²) in [6, 6.07) is 8.85. The van der Waals surface area contributed by atoms with Crippen molar-refractivity contribution in [2.45, 2.75) is 62.8 Å². The van der Waals surface area contributed by atoms with Gasteiger partial charge in [0.25, 0.3) is 0 Å². The zero-order chi connectivity index (χ0) is 33.0. The van der Waals surface area contributed by atoms with E-state index in [9.17, 15) is 17.6 Å². The molecule has 46 heavy (non-hydrogen) atoms. The van der Waals surface area contributed by atoms with Crippen molar-refractivity contribution in [3.05, 3.63) is 69.7 Å². The van der Waals surface area contributed by atoms with Crippen molar-refractivity contribution < 1.29 is 17.6 Å². The van der Waals surface area contributed by atoms with Crippen LogP contribution in [0.4, 0.5) is 21.7 Å². The van der Waals surface area contributed by atoms with E-state index in [2.05, 4.69) is 20.6 Å². The molecule has 1 amide bonds. The van der Waals surface area contributed by atoms with Crippen LogP contribution in [0.5, 0.6) is 0 Å². The first-order valence-electron chi connectivity index (χ1n) is 15.1. The fourth-order valence-corrected chi connectivity index (χ4v) is 8.00. The number of carbonyl (C=O) groups excluding carboxylic acids is 1. The summed E-state index contributed by atoms with van der Waals surface area (Å²) in [5, 5.41) is 6.24. The molecule has 11 nitrogen and oxygen atoms in total. The van der Waals surface area contributed by atoms with Gasteiger partial charge in [-0.15, -0.1) is 0 Å². The molecule has 0 unspecified atom stereocenters. The number of amides is 1. The lowest BCUT2D eigenvalue weighted by atomic mass is 9.79. The molecule has 2 heterocycles. The van der Waals surface area contributed by atoms with Gasteiger partial charge in [0.05, 0.1) is 32.5 Å². The number of anilines is 2. The van der Waals surface area contributed by atoms with Crippen LogP contribution in [-0.4, -0.2) is 53.7 Å². The van der Waals surface area contributed by atoms with Crippen LogP contribution in [0.2, 0.25) is 10.0 Å². The second-order valence-electron chi connectivity index (χ2n) is 11.9. The summed E-state index contributed by atoms with van der Waals surface area (Å²) in [4.78, 5) is 25.7. The van der Waals surface area contributed by atoms with Gasteiger partial charge in [-0.3, -0.25) is 4.79 Å². The molecule has 1 aromatic heterocycles. The number of hydrogen-bond donors (Lipinski definition) is 4. The van der Waals surface area contributed by atoms with Crippen molar-refractivity contribution in [3.8, 4) is 0 Å². The molecule has 5 rings (SSSR count). The van der Waals surface area contributed by atoms with Crippen LogP contribution in [0.15, 0.2) is 52.5 Å². The SMILES string of the molecule is Cc1ccc(S(=O)(=O)N2CCC[C@@H](Nc3ncc(/N=C(\N)Nc4c(Cl)cc(F)cc4Cl)c(C[C@H]4CC[C@@H](C(N)=O)CC4)n3)C2)cc1. The summed E-state index contributed by atoms with van der Waals surface area (Å²) in [6.07, 6.45) is 6.51. The third-order valence-electron chi connectivity index (χ3n) is 8.45. The molecular formula is C31H37Cl2FN8O3S. The van der Waals surface area contributed by atoms with Crippen LogP contribution in [-0.2, 0) is 21.2 Å². The number of aliphatic imine (C=N–C) groups is 1. The second-order valence-corrected chi connectivity index (χ2v) is 14.6. The molecule has 2 aliphatic rings. The van der Waals surface area contributed by atoms with E-state index < -0.39 is 15.8 Å². The predicted octanol–water partition coefficient (Wildman–Crippen LogP) is 5.39. The Morgan fingerprint density at radius 2 is 1.76 bits per heavy atom. The Hall–Kier alpha value is -3.52. The number of benzene rings is 2. The highest BCUT2D eigenvalue weighted by Gasteiger charge is 2.31. The Morgan fingerprint density at radius 1 is 1.09 bits per heavy atom. The summed E-state index contributed by atoms with van der Waals surface area (Å²) in [5.41, 5.74) is 14.0. The van der Waals surface area contributed by atoms with E-state index in [0.29, 0.717) is 49.6 Å². The summed E-state index contributed by atoms with van der Waals surface area (Å²) < 4.78 is 41.9. The largest absolute Gasteiger partial charge is 0.369 e. The van der Waals surface area contributed by atoms with E-state index >= 15 is 0 Å². The van der Waals surface area contributed by atoms with Crippen LogP contribution >= 0.6 is 23.2 Å². The highest BCUT2D eigenvalue weighted by molar-refractivity contribution is 7.89. The van der Waals surface area contributed by atoms with Crippen molar-refractivity contribution in [2.24, 2.45) is 28.3 Å². The first-order valence-corrected chi connectivity index (χ1v) is 17.3. The van der Waals surface area contributed by atoms with Gasteiger partial charge in [0.1, 0.15) is 11.5 Å². The standard InChI is InChI=1S/C31H37Cl2FN8O3S/c1-18-4-10-23(11-5-18)46(44,45)42-12-2-3-22(17-42)38-31-37-16-27(26(40-31)13-19-6-8-20(9-7-19)29(35)43)39-30(36)41-28-24(32)14-21(34)15-25(28)33/h4-5,10-11,14-16,19-20,22H,2-3,6-9,12-13,17H2,1H3,(H2,35,43)(H3,36,39,41)(H,37,38,40)/t19-,20+,22-/m1/s1. The molecular weight excluding hydrogens is 654 g/mol. The number of nitrogens with two attached hydrogens (primary N) is 2. The lowest BCUT2D eigenvalue weighted by Gasteiger charge is -2.32. The molecule has 6 N–H and O–H groups in total. The molecule has 246 valence electrons. The average Bonchev–Trinajstić information content (AvgIpc) is 3.01. The fourth-order valence-electron chi connectivity index (χ4n) is 5.92. The number of aromatic nitrogens is 2. The zero-order valence-electron chi connectivity index (χ0n) is 25.3. The third kappa shape index (κ3) is 8.24. The van der Waals surface area contributed by atoms with Gasteiger partial charge in [0.15, 0.2) is 5.96 Å². The van der Waals surface area contributed by atoms with E-state index in [1.165, 1.54) is 4.31 Å². The maximum atomic E-state index is 13.7. The molecule has 1 saturated carbocycles. The van der Waals surface area contributed by atoms with Crippen LogP contribution < -0.4 is 22.1 Å².